The van der Waals surface area contributed by atoms with Crippen molar-refractivity contribution in [1.29, 1.82) is 0 Å². The van der Waals surface area contributed by atoms with Crippen LogP contribution in [-0.4, -0.2) is 63.8 Å². The van der Waals surface area contributed by atoms with E-state index < -0.39 is 0 Å². The van der Waals surface area contributed by atoms with Crippen molar-refractivity contribution in [2.75, 3.05) is 38.1 Å². The number of nitrogens with zero attached hydrogens (tertiary/aromatic N) is 6. The monoisotopic (exact) mass is 503 g/mol. The van der Waals surface area contributed by atoms with E-state index in [1.54, 1.807) is 35.4 Å². The first-order valence-electron chi connectivity index (χ1n) is 12.8. The van der Waals surface area contributed by atoms with Gasteiger partial charge in [0.25, 0.3) is 5.91 Å². The Morgan fingerprint density at radius 3 is 2.49 bits per heavy atom. The van der Waals surface area contributed by atoms with Gasteiger partial charge in [-0.3, -0.25) is 9.78 Å². The van der Waals surface area contributed by atoms with E-state index >= 15 is 0 Å². The molecule has 1 aliphatic heterocycles. The number of aromatic nitrogens is 4. The molecule has 0 saturated carbocycles. The minimum atomic E-state index is -0.319. The summed E-state index contributed by atoms with van der Waals surface area (Å²) < 4.78 is 15.0. The molecule has 0 spiro atoms. The summed E-state index contributed by atoms with van der Waals surface area (Å²) in [4.78, 5) is 26.8. The summed E-state index contributed by atoms with van der Waals surface area (Å²) in [5.41, 5.74) is 2.84. The highest BCUT2D eigenvalue weighted by Crippen LogP contribution is 2.25. The van der Waals surface area contributed by atoms with Crippen molar-refractivity contribution in [3.8, 4) is 5.69 Å². The molecule has 8 nitrogen and oxygen atoms in total. The van der Waals surface area contributed by atoms with Gasteiger partial charge in [0.1, 0.15) is 11.6 Å². The lowest BCUT2D eigenvalue weighted by molar-refractivity contribution is 0.0937. The fourth-order valence-corrected chi connectivity index (χ4v) is 4.43. The molecule has 5 rings (SSSR count). The highest BCUT2D eigenvalue weighted by Gasteiger charge is 2.21. The molecule has 0 aliphatic carbocycles. The van der Waals surface area contributed by atoms with Gasteiger partial charge in [0, 0.05) is 44.0 Å². The zero-order chi connectivity index (χ0) is 26.4. The SMILES string of the molecule is CC.CCC(NC(=O)c1cncc2c1cnn2-c1ccc(F)cc1)c1ccnc(N2CCN(C)CC2)c1. The Morgan fingerprint density at radius 1 is 1.05 bits per heavy atom. The molecule has 1 N–H and O–H groups in total. The van der Waals surface area contributed by atoms with Gasteiger partial charge >= 0.3 is 0 Å². The number of anilines is 1. The second-order valence-corrected chi connectivity index (χ2v) is 8.82. The van der Waals surface area contributed by atoms with Gasteiger partial charge in [0.05, 0.1) is 35.2 Å². The Morgan fingerprint density at radius 2 is 1.78 bits per heavy atom. The number of rotatable bonds is 6. The minimum Gasteiger partial charge on any atom is -0.354 e. The lowest BCUT2D eigenvalue weighted by Gasteiger charge is -2.33. The third kappa shape index (κ3) is 5.77. The molecule has 1 unspecified atom stereocenters. The van der Waals surface area contributed by atoms with Crippen molar-refractivity contribution in [3.63, 3.8) is 0 Å². The predicted molar refractivity (Wildman–Crippen MR) is 145 cm³/mol. The Kier molecular flexibility index (Phi) is 8.45. The summed E-state index contributed by atoms with van der Waals surface area (Å²) >= 11 is 0. The third-order valence-electron chi connectivity index (χ3n) is 6.53. The van der Waals surface area contributed by atoms with E-state index in [-0.39, 0.29) is 17.8 Å². The molecule has 4 aromatic rings. The minimum absolute atomic E-state index is 0.167. The number of likely N-dealkylation sites (N-methyl/N-ethyl adjacent to an activating group) is 1. The number of carbonyl (C=O) groups excluding carboxylic acids is 1. The van der Waals surface area contributed by atoms with Crippen LogP contribution < -0.4 is 10.2 Å². The summed E-state index contributed by atoms with van der Waals surface area (Å²) in [5.74, 6) is 0.403. The normalized spacial score (nSPS) is 14.7. The number of hydrogen-bond donors (Lipinski definition) is 1. The standard InChI is InChI=1S/C26H28FN7O.C2H6/c1-3-23(18-8-9-29-25(14-18)33-12-10-32(2)11-13-33)31-26(35)22-15-28-17-24-21(22)16-30-34(24)20-6-4-19(27)5-7-20;1-2/h4-9,14-17,23H,3,10-13H2,1-2H3,(H,31,35);1-2H3. The Bertz CT molecular complexity index is 1330. The maximum absolute atomic E-state index is 13.3. The number of hydrogen-bond acceptors (Lipinski definition) is 6. The van der Waals surface area contributed by atoms with E-state index in [1.165, 1.54) is 12.1 Å². The maximum Gasteiger partial charge on any atom is 0.254 e. The summed E-state index contributed by atoms with van der Waals surface area (Å²) in [5, 5.41) is 8.27. The molecule has 1 aliphatic rings. The molecule has 1 aromatic carbocycles. The zero-order valence-corrected chi connectivity index (χ0v) is 21.9. The topological polar surface area (TPSA) is 79.2 Å². The van der Waals surface area contributed by atoms with E-state index in [4.69, 9.17) is 0 Å². The van der Waals surface area contributed by atoms with Gasteiger partial charge in [0.2, 0.25) is 0 Å². The van der Waals surface area contributed by atoms with Crippen LogP contribution in [0.25, 0.3) is 16.6 Å². The highest BCUT2D eigenvalue weighted by molar-refractivity contribution is 6.06. The average molecular weight is 504 g/mol. The number of benzene rings is 1. The summed E-state index contributed by atoms with van der Waals surface area (Å²) in [6.07, 6.45) is 7.41. The van der Waals surface area contributed by atoms with Gasteiger partial charge in [-0.25, -0.2) is 14.1 Å². The summed E-state index contributed by atoms with van der Waals surface area (Å²) in [6.45, 7) is 9.92. The largest absolute Gasteiger partial charge is 0.354 e. The van der Waals surface area contributed by atoms with Crippen LogP contribution in [0.1, 0.15) is 49.2 Å². The molecule has 0 bridgehead atoms. The molecule has 37 heavy (non-hydrogen) atoms. The second kappa shape index (κ2) is 11.9. The van der Waals surface area contributed by atoms with Crippen molar-refractivity contribution >= 4 is 22.6 Å². The quantitative estimate of drug-likeness (QED) is 0.414. The first-order chi connectivity index (χ1) is 18.0. The number of carbonyl (C=O) groups is 1. The molecular formula is C28H34FN7O. The van der Waals surface area contributed by atoms with E-state index in [2.05, 4.69) is 43.3 Å². The molecular weight excluding hydrogens is 469 g/mol. The first kappa shape index (κ1) is 26.2. The number of amides is 1. The van der Waals surface area contributed by atoms with Gasteiger partial charge in [0.15, 0.2) is 0 Å². The third-order valence-corrected chi connectivity index (χ3v) is 6.53. The lowest BCUT2D eigenvalue weighted by Crippen LogP contribution is -2.44. The second-order valence-electron chi connectivity index (χ2n) is 8.82. The van der Waals surface area contributed by atoms with Crippen molar-refractivity contribution in [3.05, 3.63) is 78.1 Å². The van der Waals surface area contributed by atoms with E-state index in [9.17, 15) is 9.18 Å². The lowest BCUT2D eigenvalue weighted by atomic mass is 10.0. The number of piperazine rings is 1. The van der Waals surface area contributed by atoms with Crippen molar-refractivity contribution in [1.82, 2.24) is 30.0 Å². The van der Waals surface area contributed by atoms with Gasteiger partial charge in [-0.1, -0.05) is 20.8 Å². The average Bonchev–Trinajstić information content (AvgIpc) is 3.38. The molecule has 4 heterocycles. The molecule has 1 fully saturated rings. The number of fused-ring (bicyclic) bond motifs is 1. The molecule has 194 valence electrons. The van der Waals surface area contributed by atoms with Crippen LogP contribution in [0.3, 0.4) is 0 Å². The molecule has 1 saturated heterocycles. The van der Waals surface area contributed by atoms with Crippen LogP contribution in [-0.2, 0) is 0 Å². The van der Waals surface area contributed by atoms with Crippen LogP contribution >= 0.6 is 0 Å². The van der Waals surface area contributed by atoms with Crippen LogP contribution in [0.2, 0.25) is 0 Å². The zero-order valence-electron chi connectivity index (χ0n) is 21.9. The summed E-state index contributed by atoms with van der Waals surface area (Å²) in [7, 11) is 2.13. The van der Waals surface area contributed by atoms with Crippen LogP contribution in [0, 0.1) is 5.82 Å². The number of halogens is 1. The maximum atomic E-state index is 13.3. The van der Waals surface area contributed by atoms with Crippen molar-refractivity contribution in [2.45, 2.75) is 33.2 Å². The first-order valence-corrected chi connectivity index (χ1v) is 12.8. The molecule has 1 atom stereocenters. The van der Waals surface area contributed by atoms with Crippen LogP contribution in [0.4, 0.5) is 10.2 Å². The Hall–Kier alpha value is -3.85. The van der Waals surface area contributed by atoms with Gasteiger partial charge < -0.3 is 15.1 Å². The molecule has 1 amide bonds. The summed E-state index contributed by atoms with van der Waals surface area (Å²) in [6, 6.07) is 9.91. The van der Waals surface area contributed by atoms with Gasteiger partial charge in [-0.15, -0.1) is 0 Å². The van der Waals surface area contributed by atoms with Gasteiger partial charge in [-0.05, 0) is 55.4 Å². The smallest absolute Gasteiger partial charge is 0.254 e. The molecule has 3 aromatic heterocycles. The fraction of sp³-hybridized carbons (Fsp3) is 0.357. The van der Waals surface area contributed by atoms with E-state index in [0.29, 0.717) is 22.2 Å². The van der Waals surface area contributed by atoms with E-state index in [0.717, 1.165) is 44.0 Å². The molecule has 9 heteroatoms. The number of pyridine rings is 2. The van der Waals surface area contributed by atoms with Crippen molar-refractivity contribution < 1.29 is 9.18 Å². The van der Waals surface area contributed by atoms with Crippen LogP contribution in [0.5, 0.6) is 0 Å². The Balaban J connectivity index is 0.00000156. The van der Waals surface area contributed by atoms with Crippen LogP contribution in [0.15, 0.2) is 61.2 Å². The fourth-order valence-electron chi connectivity index (χ4n) is 4.43. The van der Waals surface area contributed by atoms with E-state index in [1.807, 2.05) is 33.0 Å². The van der Waals surface area contributed by atoms with Gasteiger partial charge in [-0.2, -0.15) is 5.10 Å². The highest BCUT2D eigenvalue weighted by atomic mass is 19.1. The van der Waals surface area contributed by atoms with Crippen molar-refractivity contribution in [2.24, 2.45) is 0 Å². The molecule has 0 radical (unpaired) electrons. The Labute approximate surface area is 217 Å². The predicted octanol–water partition coefficient (Wildman–Crippen LogP) is 4.61. The number of nitrogens with one attached hydrogen (secondary N) is 1.